The molecule has 0 bridgehead atoms. The number of halogens is 3. The molecule has 2 N–H and O–H groups in total. The summed E-state index contributed by atoms with van der Waals surface area (Å²) in [5.41, 5.74) is 11.2. The molecule has 0 spiro atoms. The van der Waals surface area contributed by atoms with Crippen LogP contribution in [0.25, 0.3) is 10.4 Å². The number of nitrogens with one attached hydrogen (secondary N) is 1. The fourth-order valence-electron chi connectivity index (χ4n) is 5.22. The average molecular weight is 723 g/mol. The van der Waals surface area contributed by atoms with Crippen molar-refractivity contribution in [3.8, 4) is 5.75 Å². The summed E-state index contributed by atoms with van der Waals surface area (Å²) in [4.78, 5) is 22.6. The topological polar surface area (TPSA) is 129 Å². The first-order valence-corrected chi connectivity index (χ1v) is 16.0. The highest BCUT2D eigenvalue weighted by Crippen LogP contribution is 2.45. The van der Waals surface area contributed by atoms with Gasteiger partial charge in [0.2, 0.25) is 5.90 Å². The normalized spacial score (nSPS) is 17.0. The van der Waals surface area contributed by atoms with Crippen LogP contribution in [-0.2, 0) is 29.0 Å². The monoisotopic (exact) mass is 721 g/mol. The molecular formula is C34H30BrCl2N5O4. The average Bonchev–Trinajstić information content (AvgIpc) is 3.44. The number of ether oxygens (including phenoxy) is 2. The maximum Gasteiger partial charge on any atom is 0.252 e. The number of rotatable bonds is 13. The van der Waals surface area contributed by atoms with E-state index in [4.69, 9.17) is 48.3 Å². The number of azide groups is 1. The minimum absolute atomic E-state index is 0.0412. The zero-order chi connectivity index (χ0) is 32.5. The van der Waals surface area contributed by atoms with Gasteiger partial charge in [0.1, 0.15) is 5.75 Å². The molecule has 1 amide bonds. The summed E-state index contributed by atoms with van der Waals surface area (Å²) in [5, 5.41) is 16.8. The van der Waals surface area contributed by atoms with Gasteiger partial charge in [0.15, 0.2) is 11.6 Å². The van der Waals surface area contributed by atoms with E-state index in [2.05, 4.69) is 31.3 Å². The van der Waals surface area contributed by atoms with Crippen molar-refractivity contribution >= 4 is 50.9 Å². The number of carbonyl (C=O) groups is 1. The number of hydrogen-bond donors (Lipinski definition) is 2. The number of carbonyl (C=O) groups excluding carboxylic acids is 1. The van der Waals surface area contributed by atoms with Gasteiger partial charge >= 0.3 is 0 Å². The second kappa shape index (κ2) is 15.5. The van der Waals surface area contributed by atoms with Crippen molar-refractivity contribution in [2.75, 3.05) is 13.2 Å². The van der Waals surface area contributed by atoms with Crippen molar-refractivity contribution in [1.29, 1.82) is 0 Å². The molecule has 1 aliphatic heterocycles. The van der Waals surface area contributed by atoms with Crippen LogP contribution >= 0.6 is 39.1 Å². The molecule has 1 heterocycles. The molecule has 46 heavy (non-hydrogen) atoms. The number of nitrogens with zero attached hydrogens (tertiary/aromatic N) is 4. The molecule has 0 saturated heterocycles. The smallest absolute Gasteiger partial charge is 0.252 e. The summed E-state index contributed by atoms with van der Waals surface area (Å²) >= 11 is 16.2. The first kappa shape index (κ1) is 33.3. The Morgan fingerprint density at radius 3 is 2.50 bits per heavy atom. The summed E-state index contributed by atoms with van der Waals surface area (Å²) in [6, 6.07) is 27.4. The second-order valence-electron chi connectivity index (χ2n) is 10.6. The number of aliphatic imine (C=N–C) groups is 1. The van der Waals surface area contributed by atoms with Crippen LogP contribution in [0.15, 0.2) is 106 Å². The summed E-state index contributed by atoms with van der Waals surface area (Å²) in [6.07, 6.45) is -0.181. The molecule has 0 aliphatic carbocycles. The largest absolute Gasteiger partial charge is 0.494 e. The summed E-state index contributed by atoms with van der Waals surface area (Å²) in [6.45, 7) is 0.664. The van der Waals surface area contributed by atoms with Gasteiger partial charge in [-0.25, -0.2) is 4.99 Å². The lowest BCUT2D eigenvalue weighted by Crippen LogP contribution is -2.50. The lowest BCUT2D eigenvalue weighted by Gasteiger charge is -2.32. The first-order valence-electron chi connectivity index (χ1n) is 14.5. The number of aliphatic hydroxyl groups is 1. The zero-order valence-electron chi connectivity index (χ0n) is 24.6. The van der Waals surface area contributed by atoms with Crippen LogP contribution in [0, 0.1) is 0 Å². The Kier molecular flexibility index (Phi) is 11.2. The second-order valence-corrected chi connectivity index (χ2v) is 12.3. The van der Waals surface area contributed by atoms with Gasteiger partial charge in [0, 0.05) is 56.5 Å². The molecular weight excluding hydrogens is 693 g/mol. The van der Waals surface area contributed by atoms with Crippen molar-refractivity contribution in [2.24, 2.45) is 10.1 Å². The van der Waals surface area contributed by atoms with E-state index in [0.29, 0.717) is 39.9 Å². The number of hydrogen-bond acceptors (Lipinski definition) is 6. The third-order valence-electron chi connectivity index (χ3n) is 7.55. The Labute approximate surface area is 284 Å². The van der Waals surface area contributed by atoms with E-state index in [0.717, 1.165) is 21.2 Å². The number of benzene rings is 4. The molecule has 1 aliphatic rings. The molecule has 0 unspecified atom stereocenters. The van der Waals surface area contributed by atoms with Crippen LogP contribution in [-0.4, -0.2) is 35.7 Å². The Morgan fingerprint density at radius 1 is 1.04 bits per heavy atom. The Hall–Kier alpha value is -4.05. The van der Waals surface area contributed by atoms with Crippen molar-refractivity contribution < 1.29 is 19.4 Å². The van der Waals surface area contributed by atoms with Crippen LogP contribution in [0.5, 0.6) is 5.75 Å². The SMILES string of the molecule is [N-]=[N+]=NCc1ccccc1C[C@@]1(C(=O)NCc2ccc(Cl)cc2Cl)N=C(c2ccc(OCCCO)cc2)O[C@@H]1c1ccccc1Br. The van der Waals surface area contributed by atoms with Crippen molar-refractivity contribution in [1.82, 2.24) is 5.32 Å². The minimum Gasteiger partial charge on any atom is -0.494 e. The Balaban J connectivity index is 1.61. The third kappa shape index (κ3) is 7.66. The predicted octanol–water partition coefficient (Wildman–Crippen LogP) is 8.14. The fraction of sp³-hybridized carbons (Fsp3) is 0.235. The van der Waals surface area contributed by atoms with Gasteiger partial charge < -0.3 is 19.9 Å². The molecule has 5 rings (SSSR count). The lowest BCUT2D eigenvalue weighted by molar-refractivity contribution is -0.129. The van der Waals surface area contributed by atoms with E-state index < -0.39 is 11.6 Å². The van der Waals surface area contributed by atoms with Gasteiger partial charge in [-0.05, 0) is 64.7 Å². The van der Waals surface area contributed by atoms with Gasteiger partial charge in [-0.3, -0.25) is 4.79 Å². The lowest BCUT2D eigenvalue weighted by atomic mass is 9.81. The predicted molar refractivity (Wildman–Crippen MR) is 182 cm³/mol. The standard InChI is InChI=1S/C34H30BrCl2N5O4/c35-29-9-4-3-8-28(29)31-34(19-23-6-1-2-7-24(23)21-40-42-38,33(44)39-20-25-10-13-26(36)18-30(25)37)41-32(46-31)22-11-14-27(15-12-22)45-17-5-16-43/h1-4,6-15,18,31,43H,5,16-17,19-21H2,(H,39,44)/t31-,34-/m1/s1. The molecule has 0 fully saturated rings. The number of amides is 1. The van der Waals surface area contributed by atoms with Crippen molar-refractivity contribution in [2.45, 2.75) is 37.6 Å². The van der Waals surface area contributed by atoms with E-state index in [9.17, 15) is 4.79 Å². The number of aliphatic hydroxyl groups excluding tert-OH is 1. The van der Waals surface area contributed by atoms with Gasteiger partial charge in [0.05, 0.1) is 13.2 Å². The van der Waals surface area contributed by atoms with Crippen LogP contribution in [0.2, 0.25) is 10.0 Å². The van der Waals surface area contributed by atoms with E-state index in [1.165, 1.54) is 0 Å². The van der Waals surface area contributed by atoms with E-state index >= 15 is 0 Å². The van der Waals surface area contributed by atoms with Crippen LogP contribution in [0.4, 0.5) is 0 Å². The van der Waals surface area contributed by atoms with Gasteiger partial charge in [-0.2, -0.15) is 0 Å². The van der Waals surface area contributed by atoms with Gasteiger partial charge in [0.25, 0.3) is 5.91 Å². The summed E-state index contributed by atoms with van der Waals surface area (Å²) in [5.74, 6) is 0.542. The third-order valence-corrected chi connectivity index (χ3v) is 8.86. The Morgan fingerprint density at radius 2 is 1.78 bits per heavy atom. The molecule has 4 aromatic rings. The molecule has 0 saturated carbocycles. The summed E-state index contributed by atoms with van der Waals surface area (Å²) in [7, 11) is 0. The fourth-order valence-corrected chi connectivity index (χ4v) is 6.19. The minimum atomic E-state index is -1.49. The maximum absolute atomic E-state index is 14.6. The molecule has 9 nitrogen and oxygen atoms in total. The highest BCUT2D eigenvalue weighted by atomic mass is 79.9. The molecule has 4 aromatic carbocycles. The first-order chi connectivity index (χ1) is 22.3. The van der Waals surface area contributed by atoms with E-state index in [1.54, 1.807) is 30.3 Å². The maximum atomic E-state index is 14.6. The molecule has 0 aromatic heterocycles. The van der Waals surface area contributed by atoms with E-state index in [1.807, 2.05) is 60.7 Å². The van der Waals surface area contributed by atoms with Crippen molar-refractivity contribution in [3.05, 3.63) is 144 Å². The summed E-state index contributed by atoms with van der Waals surface area (Å²) < 4.78 is 13.1. The van der Waals surface area contributed by atoms with Gasteiger partial charge in [-0.1, -0.05) is 92.8 Å². The van der Waals surface area contributed by atoms with E-state index in [-0.39, 0.29) is 37.9 Å². The van der Waals surface area contributed by atoms with Crippen LogP contribution in [0.3, 0.4) is 0 Å². The quantitative estimate of drug-likeness (QED) is 0.0625. The van der Waals surface area contributed by atoms with Crippen LogP contribution < -0.4 is 10.1 Å². The molecule has 2 atom stereocenters. The van der Waals surface area contributed by atoms with Crippen molar-refractivity contribution in [3.63, 3.8) is 0 Å². The molecule has 12 heteroatoms. The Bertz CT molecular complexity index is 1780. The van der Waals surface area contributed by atoms with Crippen LogP contribution in [0.1, 0.15) is 40.3 Å². The molecule has 236 valence electrons. The van der Waals surface area contributed by atoms with Gasteiger partial charge in [-0.15, -0.1) is 0 Å². The highest BCUT2D eigenvalue weighted by molar-refractivity contribution is 9.10. The molecule has 0 radical (unpaired) electrons. The highest BCUT2D eigenvalue weighted by Gasteiger charge is 2.54. The zero-order valence-corrected chi connectivity index (χ0v) is 27.7.